The maximum atomic E-state index is 11.1. The van der Waals surface area contributed by atoms with E-state index < -0.39 is 12.0 Å². The molecule has 108 valence electrons. The van der Waals surface area contributed by atoms with Gasteiger partial charge in [-0.3, -0.25) is 14.4 Å². The molecular weight excluding hydrogens is 264 g/mol. The monoisotopic (exact) mass is 279 g/mol. The fraction of sp³-hybridized carbons (Fsp3) is 0.308. The van der Waals surface area contributed by atoms with Crippen LogP contribution in [0, 0.1) is 0 Å². The number of carbonyl (C=O) groups excluding carboxylic acids is 3. The van der Waals surface area contributed by atoms with Crippen molar-refractivity contribution in [3.05, 3.63) is 35.2 Å². The summed E-state index contributed by atoms with van der Waals surface area (Å²) in [5, 5.41) is 6.76. The van der Waals surface area contributed by atoms with Crippen molar-refractivity contribution in [1.82, 2.24) is 0 Å². The average molecular weight is 279 g/mol. The van der Waals surface area contributed by atoms with Crippen LogP contribution in [0.2, 0.25) is 0 Å². The lowest BCUT2D eigenvalue weighted by Gasteiger charge is -2.09. The van der Waals surface area contributed by atoms with Gasteiger partial charge in [0.2, 0.25) is 0 Å². The molecule has 0 bridgehead atoms. The Balaban J connectivity index is 0.00000110. The van der Waals surface area contributed by atoms with Crippen molar-refractivity contribution < 1.29 is 23.9 Å². The smallest absolute Gasteiger partial charge is 0.322 e. The molecular formula is C13H15N2O5-. The first-order chi connectivity index (χ1) is 9.44. The van der Waals surface area contributed by atoms with Crippen LogP contribution in [0.1, 0.15) is 12.5 Å². The molecule has 1 aromatic rings. The van der Waals surface area contributed by atoms with Crippen molar-refractivity contribution in [3.63, 3.8) is 0 Å². The molecule has 7 nitrogen and oxygen atoms in total. The van der Waals surface area contributed by atoms with Crippen LogP contribution in [0.4, 0.5) is 0 Å². The second kappa shape index (κ2) is 9.43. The molecule has 1 aromatic carbocycles. The van der Waals surface area contributed by atoms with Gasteiger partial charge in [-0.15, -0.1) is 0 Å². The summed E-state index contributed by atoms with van der Waals surface area (Å²) in [6, 6.07) is 6.13. The molecule has 0 radical (unpaired) electrons. The van der Waals surface area contributed by atoms with E-state index in [0.717, 1.165) is 5.56 Å². The predicted molar refractivity (Wildman–Crippen MR) is 70.5 cm³/mol. The van der Waals surface area contributed by atoms with Gasteiger partial charge in [0.05, 0.1) is 7.11 Å². The minimum absolute atomic E-state index is 0.371. The lowest BCUT2D eigenvalue weighted by molar-refractivity contribution is -0.142. The highest BCUT2D eigenvalue weighted by atomic mass is 16.5. The summed E-state index contributed by atoms with van der Waals surface area (Å²) in [6.45, 7) is 1.33. The van der Waals surface area contributed by atoms with Gasteiger partial charge in [-0.2, -0.15) is 0 Å². The number of carbonyl (C=O) groups is 2. The van der Waals surface area contributed by atoms with Crippen LogP contribution in [-0.2, 0) is 25.5 Å². The van der Waals surface area contributed by atoms with E-state index in [2.05, 4.69) is 4.74 Å². The van der Waals surface area contributed by atoms with E-state index in [9.17, 15) is 9.59 Å². The van der Waals surface area contributed by atoms with E-state index in [1.807, 2.05) is 0 Å². The summed E-state index contributed by atoms with van der Waals surface area (Å²) in [7, 11) is 1.30. The van der Waals surface area contributed by atoms with Crippen LogP contribution in [0.3, 0.4) is 0 Å². The molecule has 0 amide bonds. The van der Waals surface area contributed by atoms with Crippen molar-refractivity contribution in [1.29, 1.82) is 0 Å². The Morgan fingerprint density at radius 3 is 2.25 bits per heavy atom. The summed E-state index contributed by atoms with van der Waals surface area (Å²) in [4.78, 5) is 30.0. The van der Waals surface area contributed by atoms with Crippen molar-refractivity contribution in [2.75, 3.05) is 7.11 Å². The molecule has 0 saturated heterocycles. The third-order valence-electron chi connectivity index (χ3n) is 2.14. The number of esters is 2. The maximum absolute atomic E-state index is 11.1. The first kappa shape index (κ1) is 17.5. The largest absolute Gasteiger partial charge is 0.724 e. The van der Waals surface area contributed by atoms with Gasteiger partial charge in [-0.25, -0.2) is 0 Å². The molecule has 2 N–H and O–H groups in total. The highest BCUT2D eigenvalue weighted by Gasteiger charge is 2.14. The summed E-state index contributed by atoms with van der Waals surface area (Å²) in [6.07, 6.45) is 0.882. The topological polar surface area (TPSA) is 118 Å². The van der Waals surface area contributed by atoms with E-state index >= 15 is 0 Å². The zero-order valence-electron chi connectivity index (χ0n) is 11.2. The molecule has 0 aliphatic carbocycles. The average Bonchev–Trinajstić information content (AvgIpc) is 2.40. The number of nitrogens with zero attached hydrogens (tertiary/aromatic N) is 1. The molecule has 20 heavy (non-hydrogen) atoms. The second-order valence-electron chi connectivity index (χ2n) is 3.66. The highest BCUT2D eigenvalue weighted by molar-refractivity contribution is 5.75. The summed E-state index contributed by atoms with van der Waals surface area (Å²) >= 11 is 0. The molecule has 0 unspecified atom stereocenters. The SMILES string of the molecule is COC(=O)[C@@H](N)Cc1ccc(OC(C)=O)cc1.[N-]=C=O. The molecule has 1 atom stereocenters. The van der Waals surface area contributed by atoms with Gasteiger partial charge < -0.3 is 20.6 Å². The highest BCUT2D eigenvalue weighted by Crippen LogP contribution is 2.13. The minimum Gasteiger partial charge on any atom is -0.724 e. The third kappa shape index (κ3) is 7.05. The molecule has 0 saturated carbocycles. The van der Waals surface area contributed by atoms with Gasteiger partial charge in [0.25, 0.3) is 0 Å². The normalized spacial score (nSPS) is 10.3. The van der Waals surface area contributed by atoms with Crippen LogP contribution < -0.4 is 10.5 Å². The number of benzene rings is 1. The van der Waals surface area contributed by atoms with Crippen LogP contribution in [0.5, 0.6) is 5.75 Å². The maximum Gasteiger partial charge on any atom is 0.322 e. The van der Waals surface area contributed by atoms with E-state index in [1.54, 1.807) is 24.3 Å². The Hall–Kier alpha value is -2.50. The summed E-state index contributed by atoms with van der Waals surface area (Å²) < 4.78 is 9.41. The minimum atomic E-state index is -0.681. The van der Waals surface area contributed by atoms with Crippen molar-refractivity contribution in [3.8, 4) is 5.75 Å². The van der Waals surface area contributed by atoms with Crippen molar-refractivity contribution in [2.45, 2.75) is 19.4 Å². The summed E-state index contributed by atoms with van der Waals surface area (Å²) in [5.41, 5.74) is 6.49. The Labute approximate surface area is 116 Å². The lowest BCUT2D eigenvalue weighted by atomic mass is 10.1. The number of hydrogen-bond donors (Lipinski definition) is 1. The van der Waals surface area contributed by atoms with Gasteiger partial charge in [0, 0.05) is 6.92 Å². The number of methoxy groups -OCH3 is 1. The third-order valence-corrected chi connectivity index (χ3v) is 2.14. The molecule has 0 heterocycles. The Morgan fingerprint density at radius 1 is 1.35 bits per heavy atom. The zero-order valence-corrected chi connectivity index (χ0v) is 11.2. The Bertz CT molecular complexity index is 478. The number of rotatable bonds is 4. The zero-order chi connectivity index (χ0) is 15.5. The van der Waals surface area contributed by atoms with Gasteiger partial charge in [-0.1, -0.05) is 12.1 Å². The van der Waals surface area contributed by atoms with E-state index in [4.69, 9.17) is 20.7 Å². The Kier molecular flexibility index (Phi) is 8.25. The van der Waals surface area contributed by atoms with E-state index in [-0.39, 0.29) is 5.97 Å². The van der Waals surface area contributed by atoms with Crippen molar-refractivity contribution in [2.24, 2.45) is 5.73 Å². The van der Waals surface area contributed by atoms with Gasteiger partial charge in [0.15, 0.2) is 0 Å². The van der Waals surface area contributed by atoms with Crippen LogP contribution >= 0.6 is 0 Å². The van der Waals surface area contributed by atoms with Crippen molar-refractivity contribution >= 4 is 18.0 Å². The first-order valence-electron chi connectivity index (χ1n) is 5.56. The second-order valence-corrected chi connectivity index (χ2v) is 3.66. The number of nitrogens with two attached hydrogens (primary N) is 1. The van der Waals surface area contributed by atoms with Gasteiger partial charge >= 0.3 is 11.9 Å². The number of hydrogen-bond acceptors (Lipinski definition) is 6. The molecule has 0 aliphatic rings. The molecule has 7 heteroatoms. The van der Waals surface area contributed by atoms with E-state index in [0.29, 0.717) is 18.3 Å². The van der Waals surface area contributed by atoms with Crippen LogP contribution in [0.15, 0.2) is 24.3 Å². The fourth-order valence-corrected chi connectivity index (χ4v) is 1.35. The van der Waals surface area contributed by atoms with Crippen LogP contribution in [0.25, 0.3) is 5.41 Å². The molecule has 0 aromatic heterocycles. The number of ether oxygens (including phenoxy) is 2. The van der Waals surface area contributed by atoms with Gasteiger partial charge in [-0.05, 0) is 30.2 Å². The molecule has 1 rings (SSSR count). The van der Waals surface area contributed by atoms with Crippen LogP contribution in [-0.4, -0.2) is 31.2 Å². The summed E-state index contributed by atoms with van der Waals surface area (Å²) in [5.74, 6) is -0.356. The van der Waals surface area contributed by atoms with E-state index in [1.165, 1.54) is 14.0 Å². The molecule has 0 spiro atoms. The predicted octanol–water partition coefficient (Wildman–Crippen LogP) is 0.546. The standard InChI is InChI=1S/C12H15NO4.CNO/c1-8(14)17-10-5-3-9(4-6-10)7-11(13)12(15)16-2;2-1-3/h3-6,11H,7,13H2,1-2H3;/q;-1/t11-;/m0./s1. The lowest BCUT2D eigenvalue weighted by Crippen LogP contribution is -2.33. The number of isocyanates is 1. The quantitative estimate of drug-likeness (QED) is 0.372. The first-order valence-corrected chi connectivity index (χ1v) is 5.56. The molecule has 0 fully saturated rings. The fourth-order valence-electron chi connectivity index (χ4n) is 1.35. The van der Waals surface area contributed by atoms with Gasteiger partial charge in [0.1, 0.15) is 11.8 Å². The molecule has 0 aliphatic heterocycles. The Morgan fingerprint density at radius 2 is 1.85 bits per heavy atom.